The van der Waals surface area contributed by atoms with Gasteiger partial charge >= 0.3 is 0 Å². The SMILES string of the molecule is Cc1ccc(/C(=N/N)N(N)C/C=C2\CCCC3(C)C(CCCC(F)(F)C(C)(C)O)CCC23)cc1. The maximum Gasteiger partial charge on any atom is 0.275 e. The summed E-state index contributed by atoms with van der Waals surface area (Å²) in [4.78, 5) is 0. The highest BCUT2D eigenvalue weighted by atomic mass is 19.3. The maximum atomic E-state index is 14.2. The number of fused-ring (bicyclic) bond motifs is 1. The van der Waals surface area contributed by atoms with E-state index in [1.54, 1.807) is 5.01 Å². The van der Waals surface area contributed by atoms with Crippen molar-refractivity contribution < 1.29 is 13.9 Å². The molecule has 1 aromatic rings. The Morgan fingerprint density at radius 2 is 1.94 bits per heavy atom. The summed E-state index contributed by atoms with van der Waals surface area (Å²) in [5.41, 5.74) is 1.62. The van der Waals surface area contributed by atoms with Crippen LogP contribution >= 0.6 is 0 Å². The summed E-state index contributed by atoms with van der Waals surface area (Å²) in [5, 5.41) is 15.3. The van der Waals surface area contributed by atoms with Gasteiger partial charge in [0.15, 0.2) is 5.84 Å². The third-order valence-corrected chi connectivity index (χ3v) is 8.35. The van der Waals surface area contributed by atoms with E-state index in [0.29, 0.717) is 30.6 Å². The van der Waals surface area contributed by atoms with Crippen LogP contribution in [0.15, 0.2) is 41.0 Å². The summed E-state index contributed by atoms with van der Waals surface area (Å²) in [6.45, 7) is 7.28. The van der Waals surface area contributed by atoms with Crippen molar-refractivity contribution in [2.24, 2.45) is 34.0 Å². The minimum atomic E-state index is -3.06. The third-order valence-electron chi connectivity index (χ3n) is 8.35. The number of nitrogens with two attached hydrogens (primary N) is 2. The predicted molar refractivity (Wildman–Crippen MR) is 134 cm³/mol. The zero-order chi connectivity index (χ0) is 25.1. The second-order valence-electron chi connectivity index (χ2n) is 11.1. The number of hydrogen-bond acceptors (Lipinski definition) is 4. The molecule has 2 aliphatic carbocycles. The Kier molecular flexibility index (Phi) is 8.08. The number of halogens is 2. The molecule has 190 valence electrons. The number of amidine groups is 1. The Morgan fingerprint density at radius 3 is 2.56 bits per heavy atom. The molecule has 3 atom stereocenters. The zero-order valence-corrected chi connectivity index (χ0v) is 21.2. The summed E-state index contributed by atoms with van der Waals surface area (Å²) >= 11 is 0. The molecule has 0 spiro atoms. The van der Waals surface area contributed by atoms with Gasteiger partial charge in [0, 0.05) is 12.0 Å². The molecule has 0 aromatic heterocycles. The largest absolute Gasteiger partial charge is 0.384 e. The Balaban J connectivity index is 1.64. The van der Waals surface area contributed by atoms with Crippen molar-refractivity contribution in [2.45, 2.75) is 90.6 Å². The smallest absolute Gasteiger partial charge is 0.275 e. The molecule has 5 nitrogen and oxygen atoms in total. The van der Waals surface area contributed by atoms with Crippen LogP contribution in [0.4, 0.5) is 8.78 Å². The van der Waals surface area contributed by atoms with Gasteiger partial charge in [-0.3, -0.25) is 5.01 Å². The Bertz CT molecular complexity index is 891. The van der Waals surface area contributed by atoms with Crippen molar-refractivity contribution in [3.63, 3.8) is 0 Å². The minimum absolute atomic E-state index is 0.134. The molecule has 0 aliphatic heterocycles. The second kappa shape index (κ2) is 10.3. The lowest BCUT2D eigenvalue weighted by Crippen LogP contribution is -2.42. The van der Waals surface area contributed by atoms with Crippen LogP contribution < -0.4 is 11.7 Å². The van der Waals surface area contributed by atoms with Crippen molar-refractivity contribution >= 4 is 5.84 Å². The van der Waals surface area contributed by atoms with Gasteiger partial charge in [0.05, 0.1) is 6.54 Å². The van der Waals surface area contributed by atoms with Crippen LogP contribution in [-0.2, 0) is 0 Å². The number of aliphatic hydroxyl groups is 1. The molecule has 5 N–H and O–H groups in total. The van der Waals surface area contributed by atoms with Crippen molar-refractivity contribution in [2.75, 3.05) is 6.54 Å². The van der Waals surface area contributed by atoms with E-state index in [9.17, 15) is 13.9 Å². The lowest BCUT2D eigenvalue weighted by molar-refractivity contribution is -0.166. The molecule has 34 heavy (non-hydrogen) atoms. The fraction of sp³-hybridized carbons (Fsp3) is 0.667. The van der Waals surface area contributed by atoms with Crippen LogP contribution in [0.2, 0.25) is 0 Å². The first-order valence-corrected chi connectivity index (χ1v) is 12.6. The number of benzene rings is 1. The van der Waals surface area contributed by atoms with Crippen molar-refractivity contribution in [3.05, 3.63) is 47.0 Å². The maximum absolute atomic E-state index is 14.2. The van der Waals surface area contributed by atoms with E-state index >= 15 is 0 Å². The average molecular weight is 477 g/mol. The fourth-order valence-electron chi connectivity index (χ4n) is 6.06. The summed E-state index contributed by atoms with van der Waals surface area (Å²) in [7, 11) is 0. The number of hydrazine groups is 1. The lowest BCUT2D eigenvalue weighted by Gasteiger charge is -2.43. The summed E-state index contributed by atoms with van der Waals surface area (Å²) < 4.78 is 28.4. The van der Waals surface area contributed by atoms with Crippen LogP contribution in [0.1, 0.15) is 83.3 Å². The third kappa shape index (κ3) is 5.62. The molecule has 3 rings (SSSR count). The quantitative estimate of drug-likeness (QED) is 0.152. The zero-order valence-electron chi connectivity index (χ0n) is 21.2. The molecule has 1 aromatic carbocycles. The number of rotatable bonds is 8. The molecule has 0 radical (unpaired) electrons. The minimum Gasteiger partial charge on any atom is -0.384 e. The number of alkyl halides is 2. The molecule has 2 aliphatic rings. The van der Waals surface area contributed by atoms with Crippen LogP contribution in [0, 0.1) is 24.2 Å². The van der Waals surface area contributed by atoms with E-state index in [1.807, 2.05) is 31.2 Å². The molecule has 0 saturated heterocycles. The van der Waals surface area contributed by atoms with Crippen LogP contribution in [0.3, 0.4) is 0 Å². The van der Waals surface area contributed by atoms with Gasteiger partial charge in [0.1, 0.15) is 5.60 Å². The first-order valence-electron chi connectivity index (χ1n) is 12.6. The standard InChI is InChI=1S/C27H42F2N4O/c1-19-9-11-21(12-10-19)24(32-30)33(31)18-15-20-7-5-16-26(4)22(13-14-23(20)26)8-6-17-27(28,29)25(2,3)34/h9-12,15,22-23,34H,5-8,13-14,16-18,30-31H2,1-4H3/b20-15+,32-24-. The number of allylic oxidation sites excluding steroid dienone is 1. The fourth-order valence-corrected chi connectivity index (χ4v) is 6.06. The van der Waals surface area contributed by atoms with E-state index in [1.165, 1.54) is 19.4 Å². The molecular formula is C27H42F2N4O. The summed E-state index contributed by atoms with van der Waals surface area (Å²) in [6.07, 6.45) is 8.64. The number of nitrogens with zero attached hydrogens (tertiary/aromatic N) is 2. The topological polar surface area (TPSA) is 87.9 Å². The van der Waals surface area contributed by atoms with Gasteiger partial charge in [0.2, 0.25) is 0 Å². The highest BCUT2D eigenvalue weighted by Crippen LogP contribution is 2.58. The molecule has 0 bridgehead atoms. The average Bonchev–Trinajstić information content (AvgIpc) is 3.10. The number of hydrazone groups is 1. The van der Waals surface area contributed by atoms with Gasteiger partial charge in [-0.05, 0) is 83.0 Å². The van der Waals surface area contributed by atoms with E-state index < -0.39 is 11.5 Å². The monoisotopic (exact) mass is 476 g/mol. The van der Waals surface area contributed by atoms with Gasteiger partial charge < -0.3 is 10.9 Å². The van der Waals surface area contributed by atoms with E-state index in [4.69, 9.17) is 11.7 Å². The molecule has 2 fully saturated rings. The Hall–Kier alpha value is -1.99. The molecule has 3 unspecified atom stereocenters. The summed E-state index contributed by atoms with van der Waals surface area (Å²) in [5.74, 6) is 10.4. The molecule has 0 amide bonds. The van der Waals surface area contributed by atoms with Gasteiger partial charge in [0.25, 0.3) is 5.92 Å². The van der Waals surface area contributed by atoms with Gasteiger partial charge in [-0.25, -0.2) is 14.6 Å². The first-order chi connectivity index (χ1) is 15.9. The Morgan fingerprint density at radius 1 is 1.26 bits per heavy atom. The Labute approximate surface area is 203 Å². The first kappa shape index (κ1) is 26.6. The van der Waals surface area contributed by atoms with Crippen molar-refractivity contribution in [3.8, 4) is 0 Å². The van der Waals surface area contributed by atoms with Crippen LogP contribution in [0.5, 0.6) is 0 Å². The number of hydrogen-bond donors (Lipinski definition) is 3. The van der Waals surface area contributed by atoms with Crippen LogP contribution in [-0.4, -0.2) is 34.0 Å². The van der Waals surface area contributed by atoms with Crippen molar-refractivity contribution in [1.82, 2.24) is 5.01 Å². The van der Waals surface area contributed by atoms with E-state index in [0.717, 1.165) is 49.7 Å². The molecule has 2 saturated carbocycles. The van der Waals surface area contributed by atoms with Gasteiger partial charge in [-0.15, -0.1) is 0 Å². The van der Waals surface area contributed by atoms with E-state index in [-0.39, 0.29) is 11.8 Å². The highest BCUT2D eigenvalue weighted by Gasteiger charge is 2.49. The normalized spacial score (nSPS) is 27.2. The summed E-state index contributed by atoms with van der Waals surface area (Å²) in [6, 6.07) is 7.95. The van der Waals surface area contributed by atoms with Gasteiger partial charge in [-0.1, -0.05) is 48.4 Å². The molecule has 7 heteroatoms. The number of aryl methyl sites for hydroxylation is 1. The van der Waals surface area contributed by atoms with Gasteiger partial charge in [-0.2, -0.15) is 5.10 Å². The van der Waals surface area contributed by atoms with Crippen molar-refractivity contribution in [1.29, 1.82) is 0 Å². The van der Waals surface area contributed by atoms with E-state index in [2.05, 4.69) is 18.1 Å². The second-order valence-corrected chi connectivity index (χ2v) is 11.1. The molecule has 0 heterocycles. The lowest BCUT2D eigenvalue weighted by atomic mass is 9.62. The van der Waals surface area contributed by atoms with Crippen LogP contribution in [0.25, 0.3) is 0 Å². The predicted octanol–water partition coefficient (Wildman–Crippen LogP) is 5.51. The molecular weight excluding hydrogens is 434 g/mol. The highest BCUT2D eigenvalue weighted by molar-refractivity contribution is 5.98.